The van der Waals surface area contributed by atoms with E-state index in [2.05, 4.69) is 4.74 Å². The van der Waals surface area contributed by atoms with Crippen LogP contribution < -0.4 is 4.74 Å². The average molecular weight is 358 g/mol. The van der Waals surface area contributed by atoms with Gasteiger partial charge in [0.25, 0.3) is 5.91 Å². The van der Waals surface area contributed by atoms with Crippen LogP contribution in [0.3, 0.4) is 0 Å². The molecule has 2 aromatic carbocycles. The van der Waals surface area contributed by atoms with E-state index in [4.69, 9.17) is 23.2 Å². The molecule has 2 aromatic rings. The Hall–Kier alpha value is -1.85. The zero-order valence-electron chi connectivity index (χ0n) is 11.7. The molecule has 7 heteroatoms. The first kappa shape index (κ1) is 16.0. The van der Waals surface area contributed by atoms with Crippen molar-refractivity contribution in [2.75, 3.05) is 0 Å². The van der Waals surface area contributed by atoms with E-state index in [1.165, 1.54) is 12.1 Å². The van der Waals surface area contributed by atoms with Gasteiger partial charge in [0.15, 0.2) is 0 Å². The van der Waals surface area contributed by atoms with Crippen LogP contribution in [0.15, 0.2) is 36.4 Å². The first-order chi connectivity index (χ1) is 10.9. The molecule has 0 fully saturated rings. The molecule has 0 unspecified atom stereocenters. The number of hydrogen-bond donors (Lipinski definition) is 0. The minimum absolute atomic E-state index is 0.0783. The highest BCUT2D eigenvalue weighted by Gasteiger charge is 2.30. The highest BCUT2D eigenvalue weighted by molar-refractivity contribution is 6.37. The van der Waals surface area contributed by atoms with Crippen molar-refractivity contribution in [3.63, 3.8) is 0 Å². The van der Waals surface area contributed by atoms with Crippen LogP contribution in [0.4, 0.5) is 8.78 Å². The number of ether oxygens (including phenoxy) is 1. The lowest BCUT2D eigenvalue weighted by Gasteiger charge is -2.16. The number of amides is 1. The molecule has 1 aliphatic rings. The van der Waals surface area contributed by atoms with E-state index in [9.17, 15) is 13.6 Å². The van der Waals surface area contributed by atoms with E-state index < -0.39 is 6.61 Å². The molecule has 3 rings (SSSR count). The van der Waals surface area contributed by atoms with Gasteiger partial charge in [-0.3, -0.25) is 4.79 Å². The fourth-order valence-electron chi connectivity index (χ4n) is 2.55. The third-order valence-electron chi connectivity index (χ3n) is 3.52. The predicted molar refractivity (Wildman–Crippen MR) is 83.1 cm³/mol. The monoisotopic (exact) mass is 357 g/mol. The number of carbonyl (C=O) groups excluding carboxylic acids is 1. The molecule has 0 N–H and O–H groups in total. The Balaban J connectivity index is 1.75. The van der Waals surface area contributed by atoms with Crippen molar-refractivity contribution in [2.24, 2.45) is 0 Å². The lowest BCUT2D eigenvalue weighted by Crippen LogP contribution is -2.23. The summed E-state index contributed by atoms with van der Waals surface area (Å²) >= 11 is 12.0. The molecule has 0 spiro atoms. The van der Waals surface area contributed by atoms with Gasteiger partial charge in [0.05, 0.1) is 10.6 Å². The molecule has 1 aliphatic heterocycles. The molecular weight excluding hydrogens is 347 g/mol. The minimum Gasteiger partial charge on any atom is -0.435 e. The van der Waals surface area contributed by atoms with E-state index in [0.29, 0.717) is 28.7 Å². The summed E-state index contributed by atoms with van der Waals surface area (Å²) in [5.41, 5.74) is 2.05. The van der Waals surface area contributed by atoms with Crippen LogP contribution >= 0.6 is 23.2 Å². The number of rotatable bonds is 4. The highest BCUT2D eigenvalue weighted by Crippen LogP contribution is 2.33. The summed E-state index contributed by atoms with van der Waals surface area (Å²) in [6.07, 6.45) is 0. The molecule has 0 radical (unpaired) electrons. The first-order valence-corrected chi connectivity index (χ1v) is 7.50. The topological polar surface area (TPSA) is 29.5 Å². The molecule has 120 valence electrons. The molecule has 0 atom stereocenters. The predicted octanol–water partition coefficient (Wildman–Crippen LogP) is 4.75. The quantitative estimate of drug-likeness (QED) is 0.789. The van der Waals surface area contributed by atoms with Crippen LogP contribution in [0.25, 0.3) is 0 Å². The fraction of sp³-hybridized carbons (Fsp3) is 0.188. The second-order valence-electron chi connectivity index (χ2n) is 5.11. The average Bonchev–Trinajstić information content (AvgIpc) is 2.76. The number of fused-ring (bicyclic) bond motifs is 1. The van der Waals surface area contributed by atoms with Crippen molar-refractivity contribution in [2.45, 2.75) is 19.7 Å². The normalized spacial score (nSPS) is 13.6. The van der Waals surface area contributed by atoms with Gasteiger partial charge in [-0.25, -0.2) is 0 Å². The first-order valence-electron chi connectivity index (χ1n) is 6.75. The number of carbonyl (C=O) groups is 1. The minimum atomic E-state index is -2.86. The number of hydrogen-bond acceptors (Lipinski definition) is 2. The number of nitrogens with zero attached hydrogens (tertiary/aromatic N) is 1. The Bertz CT molecular complexity index is 750. The smallest absolute Gasteiger partial charge is 0.387 e. The standard InChI is InChI=1S/C16H11Cl2F2NO2/c17-11-5-10-8-21(15(22)14(10)13(18)6-11)7-9-1-3-12(4-2-9)23-16(19)20/h1-6,16H,7-8H2. The van der Waals surface area contributed by atoms with Crippen LogP contribution in [0.1, 0.15) is 21.5 Å². The van der Waals surface area contributed by atoms with Gasteiger partial charge in [-0.15, -0.1) is 0 Å². The van der Waals surface area contributed by atoms with E-state index in [-0.39, 0.29) is 11.7 Å². The zero-order chi connectivity index (χ0) is 16.6. The van der Waals surface area contributed by atoms with Crippen LogP contribution in [0.2, 0.25) is 10.0 Å². The van der Waals surface area contributed by atoms with Gasteiger partial charge in [-0.2, -0.15) is 8.78 Å². The van der Waals surface area contributed by atoms with Crippen molar-refractivity contribution in [1.82, 2.24) is 4.90 Å². The Morgan fingerprint density at radius 2 is 1.87 bits per heavy atom. The van der Waals surface area contributed by atoms with Gasteiger partial charge in [0.1, 0.15) is 5.75 Å². The third-order valence-corrected chi connectivity index (χ3v) is 4.04. The fourth-order valence-corrected chi connectivity index (χ4v) is 3.17. The van der Waals surface area contributed by atoms with Gasteiger partial charge in [-0.05, 0) is 35.4 Å². The summed E-state index contributed by atoms with van der Waals surface area (Å²) in [5.74, 6) is -0.0933. The summed E-state index contributed by atoms with van der Waals surface area (Å²) in [7, 11) is 0. The Morgan fingerprint density at radius 1 is 1.17 bits per heavy atom. The molecule has 1 amide bonds. The van der Waals surface area contributed by atoms with Crippen molar-refractivity contribution in [3.8, 4) is 5.75 Å². The van der Waals surface area contributed by atoms with E-state index in [1.54, 1.807) is 29.2 Å². The summed E-state index contributed by atoms with van der Waals surface area (Å²) in [6.45, 7) is -2.11. The Labute approximate surface area is 141 Å². The summed E-state index contributed by atoms with van der Waals surface area (Å²) in [4.78, 5) is 14.0. The van der Waals surface area contributed by atoms with Crippen LogP contribution in [-0.2, 0) is 13.1 Å². The van der Waals surface area contributed by atoms with Crippen molar-refractivity contribution in [1.29, 1.82) is 0 Å². The zero-order valence-corrected chi connectivity index (χ0v) is 13.2. The molecule has 23 heavy (non-hydrogen) atoms. The third kappa shape index (κ3) is 3.41. The largest absolute Gasteiger partial charge is 0.435 e. The van der Waals surface area contributed by atoms with Crippen molar-refractivity contribution < 1.29 is 18.3 Å². The number of alkyl halides is 2. The molecule has 0 saturated carbocycles. The van der Waals surface area contributed by atoms with Crippen LogP contribution in [0, 0.1) is 0 Å². The van der Waals surface area contributed by atoms with Gasteiger partial charge < -0.3 is 9.64 Å². The maximum absolute atomic E-state index is 12.4. The summed E-state index contributed by atoms with van der Waals surface area (Å²) < 4.78 is 28.5. The van der Waals surface area contributed by atoms with Crippen LogP contribution in [0.5, 0.6) is 5.75 Å². The number of benzene rings is 2. The number of halogens is 4. The highest BCUT2D eigenvalue weighted by atomic mass is 35.5. The molecular formula is C16H11Cl2F2NO2. The van der Waals surface area contributed by atoms with E-state index >= 15 is 0 Å². The lowest BCUT2D eigenvalue weighted by molar-refractivity contribution is -0.0498. The van der Waals surface area contributed by atoms with Gasteiger partial charge >= 0.3 is 6.61 Å². The molecule has 0 aliphatic carbocycles. The molecule has 0 aromatic heterocycles. The maximum atomic E-state index is 12.4. The molecule has 3 nitrogen and oxygen atoms in total. The van der Waals surface area contributed by atoms with E-state index in [0.717, 1.165) is 11.1 Å². The second kappa shape index (κ2) is 6.34. The lowest BCUT2D eigenvalue weighted by atomic mass is 10.1. The SMILES string of the molecule is O=C1c2c(Cl)cc(Cl)cc2CN1Cc1ccc(OC(F)F)cc1. The molecule has 1 heterocycles. The molecule has 0 bridgehead atoms. The van der Waals surface area contributed by atoms with Gasteiger partial charge in [-0.1, -0.05) is 35.3 Å². The second-order valence-corrected chi connectivity index (χ2v) is 5.95. The molecule has 0 saturated heterocycles. The Morgan fingerprint density at radius 3 is 2.52 bits per heavy atom. The Kier molecular flexibility index (Phi) is 4.41. The van der Waals surface area contributed by atoms with E-state index in [1.807, 2.05) is 0 Å². The van der Waals surface area contributed by atoms with Gasteiger partial charge in [0.2, 0.25) is 0 Å². The van der Waals surface area contributed by atoms with Crippen LogP contribution in [-0.4, -0.2) is 17.4 Å². The van der Waals surface area contributed by atoms with Gasteiger partial charge in [0, 0.05) is 18.1 Å². The van der Waals surface area contributed by atoms with Crippen molar-refractivity contribution in [3.05, 3.63) is 63.1 Å². The maximum Gasteiger partial charge on any atom is 0.387 e. The summed E-state index contributed by atoms with van der Waals surface area (Å²) in [6, 6.07) is 9.43. The summed E-state index contributed by atoms with van der Waals surface area (Å²) in [5, 5.41) is 0.817. The van der Waals surface area contributed by atoms with Crippen molar-refractivity contribution >= 4 is 29.1 Å².